The summed E-state index contributed by atoms with van der Waals surface area (Å²) in [5, 5.41) is 0.350. The Labute approximate surface area is 106 Å². The van der Waals surface area contributed by atoms with Gasteiger partial charge in [-0.25, -0.2) is 9.78 Å². The second kappa shape index (κ2) is 4.38. The zero-order valence-electron chi connectivity index (χ0n) is 8.71. The molecule has 1 atom stereocenters. The van der Waals surface area contributed by atoms with Gasteiger partial charge in [0, 0.05) is 6.21 Å². The van der Waals surface area contributed by atoms with E-state index in [1.165, 1.54) is 18.5 Å². The summed E-state index contributed by atoms with van der Waals surface area (Å²) >= 11 is 6.87. The summed E-state index contributed by atoms with van der Waals surface area (Å²) in [6.07, 6.45) is 5.93. The molecule has 0 saturated heterocycles. The Morgan fingerprint density at radius 1 is 1.53 bits per heavy atom. The first-order chi connectivity index (χ1) is 8.10. The molecule has 1 unspecified atom stereocenters. The van der Waals surface area contributed by atoms with E-state index < -0.39 is 17.3 Å². The molecular formula is C10H7ClN2O3S. The van der Waals surface area contributed by atoms with Crippen molar-refractivity contribution in [3.8, 4) is 0 Å². The van der Waals surface area contributed by atoms with Crippen LogP contribution in [0.15, 0.2) is 23.3 Å². The number of methoxy groups -OCH3 is 1. The number of allylic oxidation sites excluding steroid dienone is 1. The number of Topliss-reactive ketones (excluding diaryl/α,β-unsaturated/α-hetero) is 1. The Balaban J connectivity index is 2.48. The van der Waals surface area contributed by atoms with Crippen molar-refractivity contribution < 1.29 is 14.3 Å². The van der Waals surface area contributed by atoms with E-state index in [0.717, 1.165) is 18.4 Å². The van der Waals surface area contributed by atoms with Gasteiger partial charge in [0.2, 0.25) is 0 Å². The lowest BCUT2D eigenvalue weighted by molar-refractivity contribution is -0.153. The van der Waals surface area contributed by atoms with Crippen molar-refractivity contribution in [2.45, 2.75) is 5.54 Å². The van der Waals surface area contributed by atoms with Gasteiger partial charge in [0.25, 0.3) is 5.78 Å². The summed E-state index contributed by atoms with van der Waals surface area (Å²) in [5.41, 5.74) is -1.41. The molecule has 0 bridgehead atoms. The minimum atomic E-state index is -1.41. The highest BCUT2D eigenvalue weighted by molar-refractivity contribution is 7.16. The second-order valence-electron chi connectivity index (χ2n) is 3.19. The average molecular weight is 271 g/mol. The number of rotatable bonds is 3. The topological polar surface area (TPSA) is 68.6 Å². The fraction of sp³-hybridized carbons (Fsp3) is 0.200. The van der Waals surface area contributed by atoms with Gasteiger partial charge in [-0.1, -0.05) is 11.6 Å². The largest absolute Gasteiger partial charge is 0.463 e. The molecule has 7 heteroatoms. The zero-order valence-corrected chi connectivity index (χ0v) is 10.3. The molecule has 88 valence electrons. The Hall–Kier alpha value is -1.53. The lowest BCUT2D eigenvalue weighted by Gasteiger charge is -2.17. The first kappa shape index (κ1) is 11.9. The molecule has 1 aliphatic rings. The summed E-state index contributed by atoms with van der Waals surface area (Å²) < 4.78 is 4.85. The molecule has 1 aromatic rings. The first-order valence-corrected chi connectivity index (χ1v) is 5.77. The zero-order chi connectivity index (χ0) is 12.5. The summed E-state index contributed by atoms with van der Waals surface area (Å²) in [7, 11) is 1.14. The molecule has 0 amide bonds. The number of aliphatic imine (C=N–C) groups is 1. The van der Waals surface area contributed by atoms with Crippen LogP contribution >= 0.6 is 22.9 Å². The minimum absolute atomic E-state index is 0.350. The van der Waals surface area contributed by atoms with E-state index in [4.69, 9.17) is 11.6 Å². The van der Waals surface area contributed by atoms with E-state index in [1.807, 2.05) is 0 Å². The van der Waals surface area contributed by atoms with Crippen LogP contribution < -0.4 is 0 Å². The minimum Gasteiger partial charge on any atom is -0.463 e. The van der Waals surface area contributed by atoms with Crippen molar-refractivity contribution in [3.05, 3.63) is 27.7 Å². The molecule has 0 radical (unpaired) electrons. The number of aromatic nitrogens is 1. The fourth-order valence-electron chi connectivity index (χ4n) is 1.42. The van der Waals surface area contributed by atoms with E-state index >= 15 is 0 Å². The molecule has 0 aromatic carbocycles. The van der Waals surface area contributed by atoms with Crippen LogP contribution in [0.1, 0.15) is 5.01 Å². The molecule has 1 aromatic heterocycles. The van der Waals surface area contributed by atoms with Crippen molar-refractivity contribution in [2.24, 2.45) is 4.99 Å². The first-order valence-electron chi connectivity index (χ1n) is 4.58. The number of hydrogen-bond acceptors (Lipinski definition) is 6. The van der Waals surface area contributed by atoms with E-state index in [0.29, 0.717) is 9.34 Å². The summed E-state index contributed by atoms with van der Waals surface area (Å²) in [5.74, 6) is -1.74. The third-order valence-electron chi connectivity index (χ3n) is 2.22. The molecule has 1 aliphatic heterocycles. The van der Waals surface area contributed by atoms with Crippen LogP contribution in [0.25, 0.3) is 0 Å². The van der Waals surface area contributed by atoms with E-state index in [9.17, 15) is 9.59 Å². The van der Waals surface area contributed by atoms with Crippen LogP contribution in [-0.2, 0) is 19.9 Å². The molecule has 17 heavy (non-hydrogen) atoms. The smallest absolute Gasteiger partial charge is 0.377 e. The number of esters is 1. The number of nitrogens with zero attached hydrogens (tertiary/aromatic N) is 2. The highest BCUT2D eigenvalue weighted by Crippen LogP contribution is 2.35. The number of hydrogen-bond donors (Lipinski definition) is 0. The highest BCUT2D eigenvalue weighted by atomic mass is 35.5. The van der Waals surface area contributed by atoms with Gasteiger partial charge in [0.05, 0.1) is 13.3 Å². The van der Waals surface area contributed by atoms with Gasteiger partial charge < -0.3 is 4.74 Å². The lowest BCUT2D eigenvalue weighted by Crippen LogP contribution is -2.37. The molecule has 0 fully saturated rings. The Morgan fingerprint density at radius 2 is 2.29 bits per heavy atom. The van der Waals surface area contributed by atoms with Crippen molar-refractivity contribution >= 4 is 40.9 Å². The maximum atomic E-state index is 12.0. The number of thiazole rings is 1. The van der Waals surface area contributed by atoms with E-state index in [2.05, 4.69) is 14.7 Å². The number of ether oxygens (including phenoxy) is 1. The number of carbonyl (C=O) groups is 2. The van der Waals surface area contributed by atoms with Gasteiger partial charge in [-0.05, 0) is 12.2 Å². The standard InChI is InChI=1S/C10H7ClN2O3S/c1-16-8(15)7(14)10(3-2-4-13-10)9-12-5-6(11)17-9/h2-5H,1H3. The SMILES string of the molecule is COC(=O)C(=O)C1(c2ncc(Cl)s2)C=CC=N1. The maximum Gasteiger partial charge on any atom is 0.377 e. The summed E-state index contributed by atoms with van der Waals surface area (Å²) in [6, 6.07) is 0. The van der Waals surface area contributed by atoms with Crippen molar-refractivity contribution in [1.29, 1.82) is 0 Å². The highest BCUT2D eigenvalue weighted by Gasteiger charge is 2.45. The van der Waals surface area contributed by atoms with Crippen LogP contribution in [0.5, 0.6) is 0 Å². The third kappa shape index (κ3) is 1.89. The molecule has 0 spiro atoms. The molecular weight excluding hydrogens is 264 g/mol. The third-order valence-corrected chi connectivity index (χ3v) is 3.46. The van der Waals surface area contributed by atoms with Gasteiger partial charge >= 0.3 is 5.97 Å². The van der Waals surface area contributed by atoms with Crippen LogP contribution in [0.4, 0.5) is 0 Å². The normalized spacial score (nSPS) is 21.8. The summed E-state index contributed by atoms with van der Waals surface area (Å²) in [4.78, 5) is 31.4. The second-order valence-corrected chi connectivity index (χ2v) is 4.86. The quantitative estimate of drug-likeness (QED) is 0.615. The van der Waals surface area contributed by atoms with Crippen molar-refractivity contribution in [1.82, 2.24) is 4.98 Å². The Morgan fingerprint density at radius 3 is 2.76 bits per heavy atom. The van der Waals surface area contributed by atoms with Crippen LogP contribution in [-0.4, -0.2) is 30.1 Å². The van der Waals surface area contributed by atoms with Gasteiger partial charge in [0.15, 0.2) is 5.54 Å². The predicted octanol–water partition coefficient (Wildman–Crippen LogP) is 1.37. The summed E-state index contributed by atoms with van der Waals surface area (Å²) in [6.45, 7) is 0. The number of halogens is 1. The van der Waals surface area contributed by atoms with Crippen LogP contribution in [0.3, 0.4) is 0 Å². The number of carbonyl (C=O) groups excluding carboxylic acids is 2. The number of ketones is 1. The fourth-order valence-corrected chi connectivity index (χ4v) is 2.46. The molecule has 5 nitrogen and oxygen atoms in total. The Kier molecular flexibility index (Phi) is 3.08. The van der Waals surface area contributed by atoms with Gasteiger partial charge in [0.1, 0.15) is 9.34 Å². The van der Waals surface area contributed by atoms with Crippen molar-refractivity contribution in [3.63, 3.8) is 0 Å². The van der Waals surface area contributed by atoms with Gasteiger partial charge in [-0.15, -0.1) is 11.3 Å². The molecule has 0 aliphatic carbocycles. The van der Waals surface area contributed by atoms with Gasteiger partial charge in [-0.2, -0.15) is 0 Å². The molecule has 0 saturated carbocycles. The lowest BCUT2D eigenvalue weighted by atomic mass is 9.96. The van der Waals surface area contributed by atoms with Crippen LogP contribution in [0.2, 0.25) is 4.34 Å². The predicted molar refractivity (Wildman–Crippen MR) is 63.5 cm³/mol. The van der Waals surface area contributed by atoms with E-state index in [1.54, 1.807) is 6.08 Å². The molecule has 0 N–H and O–H groups in total. The monoisotopic (exact) mass is 270 g/mol. The maximum absolute atomic E-state index is 12.0. The van der Waals surface area contributed by atoms with E-state index in [-0.39, 0.29) is 0 Å². The van der Waals surface area contributed by atoms with Crippen molar-refractivity contribution in [2.75, 3.05) is 7.11 Å². The molecule has 2 heterocycles. The Bertz CT molecular complexity index is 523. The van der Waals surface area contributed by atoms with Crippen LogP contribution in [0, 0.1) is 0 Å². The van der Waals surface area contributed by atoms with Gasteiger partial charge in [-0.3, -0.25) is 9.79 Å². The molecule has 2 rings (SSSR count). The average Bonchev–Trinajstić information content (AvgIpc) is 2.96.